The first-order valence-electron chi connectivity index (χ1n) is 24.4. The van der Waals surface area contributed by atoms with Crippen molar-refractivity contribution in [2.75, 3.05) is 33.1 Å². The van der Waals surface area contributed by atoms with E-state index in [4.69, 9.17) is 29.0 Å². The van der Waals surface area contributed by atoms with E-state index in [1.807, 2.05) is 12.1 Å². The number of aliphatic hydroxyl groups excluding tert-OH is 4. The van der Waals surface area contributed by atoms with E-state index in [2.05, 4.69) is 73.5 Å². The quantitative estimate of drug-likeness (QED) is 0.0633. The molecule has 0 unspecified atom stereocenters. The van der Waals surface area contributed by atoms with Crippen LogP contribution < -0.4 is 10.6 Å². The minimum atomic E-state index is -4.86. The van der Waals surface area contributed by atoms with Crippen LogP contribution in [0.3, 0.4) is 0 Å². The molecule has 2 saturated heterocycles. The van der Waals surface area contributed by atoms with Crippen LogP contribution in [0.5, 0.6) is 0 Å². The lowest BCUT2D eigenvalue weighted by atomic mass is 10.1. The SMILES string of the molecule is CC1(C#Cc2cc(NC3CCCC3)c3cnn([C@@H]4O[C@H](CS(=O)(=O)CP(=O)(O)O)[C@@H](O)[C@H]4O)c3n2)CC1.CC1(C#Cc2cc(NC3CCCC3)c3nnn([C@@H]4O[C@H](CS(=O)(=O)CP(=O)(O)O)[C@@H](O)[C@H]4O)c3n2)CC1. The van der Waals surface area contributed by atoms with Crippen LogP contribution in [0.25, 0.3) is 22.2 Å². The van der Waals surface area contributed by atoms with Crippen LogP contribution in [-0.4, -0.2) is 163 Å². The molecule has 74 heavy (non-hydrogen) atoms. The number of ether oxygens (including phenoxy) is 2. The number of aromatic nitrogens is 7. The van der Waals surface area contributed by atoms with Gasteiger partial charge in [-0.2, -0.15) is 9.78 Å². The minimum absolute atomic E-state index is 0.0173. The van der Waals surface area contributed by atoms with Crippen molar-refractivity contribution in [1.29, 1.82) is 0 Å². The van der Waals surface area contributed by atoms with E-state index < -0.39 is 106 Å². The normalized spacial score (nSPS) is 27.8. The summed E-state index contributed by atoms with van der Waals surface area (Å²) >= 11 is 0. The maximum atomic E-state index is 12.2. The van der Waals surface area contributed by atoms with Crippen LogP contribution >= 0.6 is 15.2 Å². The van der Waals surface area contributed by atoms with Gasteiger partial charge in [0.1, 0.15) is 48.0 Å². The Balaban J connectivity index is 0.000000182. The summed E-state index contributed by atoms with van der Waals surface area (Å²) in [5, 5.41) is 62.8. The standard InChI is InChI=1S/C23H31N4O8PS.C22H30N5O8PS/c1-23(8-9-23)7-6-15-10-17(25-14-4-2-3-5-14)16-11-24-27(21(16)26-15)22-20(29)19(28)18(35-22)12-37(33,34)13-36(30,31)32;1-22(8-9-22)7-6-14-10-15(23-13-4-2-3-5-13)17-20(24-14)27(26-25-17)21-19(29)18(28)16(35-21)11-37(33,34)12-36(30,31)32/h10-11,14,18-20,22,28-29H,2-5,8-9,12-13H2,1H3,(H,25,26)(H2,30,31,32);10,13,16,18-19,21,28-29H,2-5,8-9,11-12H2,1H3,(H,23,24)(H2,30,31,32)/t18-,19-,20-,22-;16-,18-,19-,21-/m11/s1. The van der Waals surface area contributed by atoms with E-state index in [0.29, 0.717) is 39.7 Å². The Hall–Kier alpha value is -4.15. The van der Waals surface area contributed by atoms with Crippen molar-refractivity contribution in [3.8, 4) is 23.7 Å². The summed E-state index contributed by atoms with van der Waals surface area (Å²) in [6, 6.07) is 4.26. The van der Waals surface area contributed by atoms with E-state index in [1.165, 1.54) is 9.36 Å². The molecule has 4 saturated carbocycles. The maximum absolute atomic E-state index is 12.2. The summed E-state index contributed by atoms with van der Waals surface area (Å²) < 4.78 is 85.2. The molecule has 6 heterocycles. The second-order valence-electron chi connectivity index (χ2n) is 21.0. The molecule has 4 aromatic heterocycles. The summed E-state index contributed by atoms with van der Waals surface area (Å²) in [5.41, 5.74) is 0.643. The van der Waals surface area contributed by atoms with E-state index in [1.54, 1.807) is 6.20 Å². The number of nitrogens with one attached hydrogen (secondary N) is 2. The summed E-state index contributed by atoms with van der Waals surface area (Å²) in [4.78, 5) is 45.4. The minimum Gasteiger partial charge on any atom is -0.387 e. The topological polar surface area (TPSA) is 381 Å². The zero-order chi connectivity index (χ0) is 53.2. The van der Waals surface area contributed by atoms with Crippen LogP contribution in [0.4, 0.5) is 11.4 Å². The van der Waals surface area contributed by atoms with Gasteiger partial charge in [0.05, 0.1) is 28.8 Å². The van der Waals surface area contributed by atoms with Crippen molar-refractivity contribution in [3.05, 3.63) is 29.7 Å². The molecule has 0 radical (unpaired) electrons. The summed E-state index contributed by atoms with van der Waals surface area (Å²) in [6.45, 7) is 4.16. The number of aliphatic hydroxyl groups is 4. The van der Waals surface area contributed by atoms with Gasteiger partial charge < -0.3 is 60.1 Å². The van der Waals surface area contributed by atoms with E-state index in [-0.39, 0.29) is 22.5 Å². The Bertz CT molecular complexity index is 3020. The highest BCUT2D eigenvalue weighted by Crippen LogP contribution is 2.45. The lowest BCUT2D eigenvalue weighted by Crippen LogP contribution is -2.36. The summed E-state index contributed by atoms with van der Waals surface area (Å²) in [5.74, 6) is 11.0. The van der Waals surface area contributed by atoms with Gasteiger partial charge in [0.15, 0.2) is 59.9 Å². The van der Waals surface area contributed by atoms with Crippen molar-refractivity contribution < 1.29 is 75.4 Å². The van der Waals surface area contributed by atoms with Gasteiger partial charge in [0, 0.05) is 28.6 Å². The highest BCUT2D eigenvalue weighted by molar-refractivity contribution is 7.97. The Morgan fingerprint density at radius 3 is 1.55 bits per heavy atom. The van der Waals surface area contributed by atoms with Gasteiger partial charge in [-0.25, -0.2) is 31.5 Å². The molecule has 2 aliphatic heterocycles. The van der Waals surface area contributed by atoms with Gasteiger partial charge in [-0.3, -0.25) is 9.13 Å². The lowest BCUT2D eigenvalue weighted by molar-refractivity contribution is -0.0375. The molecule has 6 fully saturated rings. The molecule has 0 bridgehead atoms. The number of anilines is 2. The monoisotopic (exact) mass is 1110 g/mol. The Labute approximate surface area is 426 Å². The lowest BCUT2D eigenvalue weighted by Gasteiger charge is -2.17. The molecule has 8 atom stereocenters. The van der Waals surface area contributed by atoms with Gasteiger partial charge >= 0.3 is 15.2 Å². The van der Waals surface area contributed by atoms with Crippen LogP contribution in [0.1, 0.15) is 115 Å². The number of rotatable bonds is 14. The predicted molar refractivity (Wildman–Crippen MR) is 266 cm³/mol. The van der Waals surface area contributed by atoms with Crippen molar-refractivity contribution in [2.24, 2.45) is 10.8 Å². The maximum Gasteiger partial charge on any atom is 0.340 e. The first-order valence-corrected chi connectivity index (χ1v) is 31.7. The smallest absolute Gasteiger partial charge is 0.340 e. The molecule has 6 aliphatic rings. The third-order valence-corrected chi connectivity index (χ3v) is 21.6. The number of pyridine rings is 2. The summed E-state index contributed by atoms with van der Waals surface area (Å²) in [6.07, 6.45) is 2.43. The molecular weight excluding hydrogens is 1050 g/mol. The number of hydrogen-bond donors (Lipinski definition) is 10. The number of fused-ring (bicyclic) bond motifs is 2. The highest BCUT2D eigenvalue weighted by atomic mass is 32.2. The number of sulfone groups is 2. The second kappa shape index (κ2) is 20.7. The van der Waals surface area contributed by atoms with Crippen LogP contribution in [0, 0.1) is 34.5 Å². The van der Waals surface area contributed by atoms with Crippen LogP contribution in [0.15, 0.2) is 18.3 Å². The predicted octanol–water partition coefficient (Wildman–Crippen LogP) is 1.61. The van der Waals surface area contributed by atoms with Crippen molar-refractivity contribution in [2.45, 2.75) is 152 Å². The van der Waals surface area contributed by atoms with Crippen molar-refractivity contribution >= 4 is 68.4 Å². The zero-order valence-corrected chi connectivity index (χ0v) is 43.9. The fraction of sp³-hybridized carbons (Fsp3) is 0.667. The average Bonchev–Trinajstić information content (AvgIpc) is 3.72. The fourth-order valence-corrected chi connectivity index (χ4v) is 16.0. The second-order valence-corrected chi connectivity index (χ2v) is 29.4. The molecule has 10 N–H and O–H groups in total. The largest absolute Gasteiger partial charge is 0.387 e. The number of hydrogen-bond acceptors (Lipinski definition) is 19. The first kappa shape index (κ1) is 54.6. The van der Waals surface area contributed by atoms with E-state index >= 15 is 0 Å². The van der Waals surface area contributed by atoms with Gasteiger partial charge in [0.25, 0.3) is 0 Å². The molecule has 0 amide bonds. The molecular formula is C45H61N9O16P2S2. The van der Waals surface area contributed by atoms with Gasteiger partial charge in [0.2, 0.25) is 0 Å². The van der Waals surface area contributed by atoms with Gasteiger partial charge in [-0.15, -0.1) is 5.10 Å². The molecule has 404 valence electrons. The average molecular weight is 1110 g/mol. The third kappa shape index (κ3) is 13.1. The molecule has 29 heteroatoms. The Morgan fingerprint density at radius 2 is 1.09 bits per heavy atom. The van der Waals surface area contributed by atoms with Gasteiger partial charge in [-0.05, 0) is 89.2 Å². The van der Waals surface area contributed by atoms with Crippen LogP contribution in [0.2, 0.25) is 0 Å². The Morgan fingerprint density at radius 1 is 0.662 bits per heavy atom. The molecule has 0 spiro atoms. The van der Waals surface area contributed by atoms with Crippen LogP contribution in [-0.2, 0) is 38.3 Å². The zero-order valence-electron chi connectivity index (χ0n) is 40.5. The third-order valence-electron chi connectivity index (χ3n) is 14.1. The summed E-state index contributed by atoms with van der Waals surface area (Å²) in [7, 11) is -18.3. The van der Waals surface area contributed by atoms with Crippen molar-refractivity contribution in [1.82, 2.24) is 34.7 Å². The molecule has 10 rings (SSSR count). The molecule has 0 aromatic carbocycles. The Kier molecular flexibility index (Phi) is 15.3. The number of nitrogens with zero attached hydrogens (tertiary/aromatic N) is 7. The first-order chi connectivity index (χ1) is 34.6. The molecule has 25 nitrogen and oxygen atoms in total. The fourth-order valence-electron chi connectivity index (χ4n) is 9.54. The molecule has 4 aliphatic carbocycles. The van der Waals surface area contributed by atoms with E-state index in [9.17, 15) is 46.4 Å². The van der Waals surface area contributed by atoms with Crippen molar-refractivity contribution in [3.63, 3.8) is 0 Å². The molecule has 4 aromatic rings. The van der Waals surface area contributed by atoms with E-state index in [0.717, 1.165) is 82.7 Å². The highest BCUT2D eigenvalue weighted by Gasteiger charge is 2.49. The van der Waals surface area contributed by atoms with Gasteiger partial charge in [-0.1, -0.05) is 42.7 Å².